The molecule has 0 aliphatic rings. The molecular weight excluding hydrogens is 475 g/mol. The van der Waals surface area contributed by atoms with Crippen molar-refractivity contribution < 1.29 is 55.6 Å². The maximum atomic E-state index is 11.2. The van der Waals surface area contributed by atoms with Crippen LogP contribution in [0.2, 0.25) is 0 Å². The monoisotopic (exact) mass is 502 g/mol. The number of Topliss-reactive ketones (excluding diaryl/α,β-unsaturated/α-hetero) is 4. The number of carbonyl (C=O) groups excluding carboxylic acids is 4. The minimum atomic E-state index is -0.233. The molecule has 2 rings (SSSR count). The van der Waals surface area contributed by atoms with E-state index in [0.29, 0.717) is 11.1 Å². The minimum absolute atomic E-state index is 0. The van der Waals surface area contributed by atoms with E-state index in [4.69, 9.17) is 10.2 Å². The molecule has 0 saturated carbocycles. The molecule has 0 N–H and O–H groups in total. The molecule has 0 heterocycles. The number of benzene rings is 2. The molecule has 31 heavy (non-hydrogen) atoms. The minimum Gasteiger partial charge on any atom is -0.855 e. The molecule has 0 aromatic heterocycles. The fraction of sp³-hybridized carbons (Fsp3) is 0.250. The SMILES string of the molecule is CC(=O)[CH-]C(=O)c1ccccc1.CC(=O)[CH-]C(=O)c1ccccc1.CC[O-].CC[O-].[Zr]. The summed E-state index contributed by atoms with van der Waals surface area (Å²) in [5.74, 6) is -0.904. The summed E-state index contributed by atoms with van der Waals surface area (Å²) in [6.07, 6.45) is 2.19. The van der Waals surface area contributed by atoms with Crippen LogP contribution in [0.1, 0.15) is 48.4 Å². The van der Waals surface area contributed by atoms with Crippen LogP contribution >= 0.6 is 0 Å². The zero-order valence-electron chi connectivity index (χ0n) is 18.3. The van der Waals surface area contributed by atoms with Crippen LogP contribution in [0.3, 0.4) is 0 Å². The number of hydrogen-bond acceptors (Lipinski definition) is 6. The van der Waals surface area contributed by atoms with Crippen molar-refractivity contribution in [2.24, 2.45) is 0 Å². The largest absolute Gasteiger partial charge is 0.855 e. The molecule has 6 nitrogen and oxygen atoms in total. The Morgan fingerprint density at radius 2 is 0.871 bits per heavy atom. The van der Waals surface area contributed by atoms with Crippen LogP contribution in [-0.2, 0) is 35.8 Å². The summed E-state index contributed by atoms with van der Waals surface area (Å²) in [7, 11) is 0. The van der Waals surface area contributed by atoms with Gasteiger partial charge in [0.1, 0.15) is 0 Å². The first kappa shape index (κ1) is 33.3. The third-order valence-electron chi connectivity index (χ3n) is 2.79. The first-order valence-electron chi connectivity index (χ1n) is 9.28. The van der Waals surface area contributed by atoms with Crippen molar-refractivity contribution in [1.29, 1.82) is 0 Å². The molecule has 0 aliphatic heterocycles. The molecule has 2 aromatic rings. The maximum absolute atomic E-state index is 11.2. The van der Waals surface area contributed by atoms with E-state index in [1.54, 1.807) is 62.4 Å². The second-order valence-electron chi connectivity index (χ2n) is 5.55. The first-order valence-corrected chi connectivity index (χ1v) is 9.28. The molecule has 0 spiro atoms. The van der Waals surface area contributed by atoms with Crippen molar-refractivity contribution in [2.45, 2.75) is 27.7 Å². The molecule has 0 aliphatic carbocycles. The molecule has 0 bridgehead atoms. The van der Waals surface area contributed by atoms with Gasteiger partial charge in [0.25, 0.3) is 0 Å². The summed E-state index contributed by atoms with van der Waals surface area (Å²) >= 11 is 0. The van der Waals surface area contributed by atoms with Crippen molar-refractivity contribution in [1.82, 2.24) is 0 Å². The second-order valence-corrected chi connectivity index (χ2v) is 5.55. The van der Waals surface area contributed by atoms with Crippen LogP contribution in [0.25, 0.3) is 0 Å². The van der Waals surface area contributed by atoms with Gasteiger partial charge < -0.3 is 29.4 Å². The van der Waals surface area contributed by atoms with E-state index in [0.717, 1.165) is 12.8 Å². The van der Waals surface area contributed by atoms with E-state index in [9.17, 15) is 19.2 Å². The van der Waals surface area contributed by atoms with Gasteiger partial charge in [0.15, 0.2) is 0 Å². The van der Waals surface area contributed by atoms with Gasteiger partial charge in [0, 0.05) is 37.8 Å². The van der Waals surface area contributed by atoms with Crippen molar-refractivity contribution in [3.63, 3.8) is 0 Å². The summed E-state index contributed by atoms with van der Waals surface area (Å²) < 4.78 is 0. The third kappa shape index (κ3) is 20.7. The van der Waals surface area contributed by atoms with Crippen LogP contribution in [0.4, 0.5) is 0 Å². The van der Waals surface area contributed by atoms with E-state index in [2.05, 4.69) is 0 Å². The number of carbonyl (C=O) groups is 4. The topological polar surface area (TPSA) is 114 Å². The van der Waals surface area contributed by atoms with Crippen LogP contribution in [-0.4, -0.2) is 36.3 Å². The standard InChI is InChI=1S/2C10H9O2.2C2H5O.Zr/c2*1-8(11)7-10(12)9-5-3-2-4-6-9;2*1-2-3;/h2*2-7H,1H3;2*2H2,1H3;/q4*-1;. The van der Waals surface area contributed by atoms with Gasteiger partial charge >= 0.3 is 0 Å². The summed E-state index contributed by atoms with van der Waals surface area (Å²) in [5, 5.41) is 17.9. The van der Waals surface area contributed by atoms with Gasteiger partial charge in [-0.05, 0) is 13.8 Å². The third-order valence-corrected chi connectivity index (χ3v) is 2.79. The predicted octanol–water partition coefficient (Wildman–Crippen LogP) is 2.06. The van der Waals surface area contributed by atoms with Gasteiger partial charge in [-0.2, -0.15) is 0 Å². The van der Waals surface area contributed by atoms with Crippen molar-refractivity contribution >= 4 is 23.1 Å². The zero-order chi connectivity index (χ0) is 23.4. The molecule has 0 fully saturated rings. The van der Waals surface area contributed by atoms with Crippen molar-refractivity contribution in [3.05, 3.63) is 84.6 Å². The molecule has 0 unspecified atom stereocenters. The Bertz CT molecular complexity index is 680. The van der Waals surface area contributed by atoms with Crippen LogP contribution in [0.15, 0.2) is 60.7 Å². The maximum Gasteiger partial charge on any atom is 0.0768 e. The second kappa shape index (κ2) is 22.4. The molecule has 0 amide bonds. The zero-order valence-corrected chi connectivity index (χ0v) is 20.7. The summed E-state index contributed by atoms with van der Waals surface area (Å²) in [6.45, 7) is 5.86. The average molecular weight is 504 g/mol. The molecule has 0 atom stereocenters. The smallest absolute Gasteiger partial charge is 0.0768 e. The normalized spacial score (nSPS) is 8.19. The number of rotatable bonds is 6. The van der Waals surface area contributed by atoms with Crippen LogP contribution in [0.5, 0.6) is 0 Å². The summed E-state index contributed by atoms with van der Waals surface area (Å²) in [5.41, 5.74) is 1.10. The Morgan fingerprint density at radius 3 is 1.06 bits per heavy atom. The molecule has 0 radical (unpaired) electrons. The van der Waals surface area contributed by atoms with Gasteiger partial charge in [-0.1, -0.05) is 50.2 Å². The van der Waals surface area contributed by atoms with Gasteiger partial charge in [-0.25, -0.2) is 0 Å². The van der Waals surface area contributed by atoms with Crippen molar-refractivity contribution in [2.75, 3.05) is 13.2 Å². The van der Waals surface area contributed by atoms with Crippen molar-refractivity contribution in [3.8, 4) is 0 Å². The molecule has 2 aromatic carbocycles. The van der Waals surface area contributed by atoms with Crippen LogP contribution < -0.4 is 10.2 Å². The van der Waals surface area contributed by atoms with Gasteiger partial charge in [0.2, 0.25) is 0 Å². The van der Waals surface area contributed by atoms with E-state index >= 15 is 0 Å². The van der Waals surface area contributed by atoms with E-state index in [1.165, 1.54) is 13.8 Å². The van der Waals surface area contributed by atoms with E-state index in [1.807, 2.05) is 12.1 Å². The Balaban J connectivity index is -0.000000394. The fourth-order valence-corrected chi connectivity index (χ4v) is 1.74. The Hall–Kier alpha value is -2.34. The fourth-order valence-electron chi connectivity index (χ4n) is 1.74. The summed E-state index contributed by atoms with van der Waals surface area (Å²) in [6, 6.07) is 17.4. The van der Waals surface area contributed by atoms with Crippen LogP contribution in [0, 0.1) is 12.8 Å². The molecular formula is C24H28O6Zr-4. The Morgan fingerprint density at radius 1 is 0.645 bits per heavy atom. The number of ketones is 4. The predicted molar refractivity (Wildman–Crippen MR) is 113 cm³/mol. The van der Waals surface area contributed by atoms with Gasteiger partial charge in [0.05, 0.1) is 11.6 Å². The number of hydrogen-bond donors (Lipinski definition) is 0. The Labute approximate surface area is 203 Å². The van der Waals surface area contributed by atoms with E-state index in [-0.39, 0.29) is 62.6 Å². The summed E-state index contributed by atoms with van der Waals surface area (Å²) in [4.78, 5) is 43.5. The average Bonchev–Trinajstić information content (AvgIpc) is 2.70. The quantitative estimate of drug-likeness (QED) is 0.339. The van der Waals surface area contributed by atoms with Gasteiger partial charge in [-0.3, -0.25) is 0 Å². The van der Waals surface area contributed by atoms with Gasteiger partial charge in [-0.15, -0.1) is 61.4 Å². The first-order chi connectivity index (χ1) is 14.2. The molecule has 7 heteroatoms. The molecule has 0 saturated heterocycles. The Kier molecular flexibility index (Phi) is 24.0. The van der Waals surface area contributed by atoms with E-state index < -0.39 is 0 Å². The molecule has 168 valence electrons.